The number of hydrogen-bond donors (Lipinski definition) is 3. The van der Waals surface area contributed by atoms with Crippen LogP contribution in [-0.2, 0) is 19.3 Å². The first-order valence-corrected chi connectivity index (χ1v) is 8.11. The van der Waals surface area contributed by atoms with Crippen LogP contribution in [0.2, 0.25) is 0 Å². The predicted octanol–water partition coefficient (Wildman–Crippen LogP) is 1.70. The number of aliphatic hydroxyl groups excluding tert-OH is 1. The molecule has 1 aromatic heterocycles. The Morgan fingerprint density at radius 1 is 1.33 bits per heavy atom. The smallest absolute Gasteiger partial charge is 0.248 e. The number of aromatic nitrogens is 1. The van der Waals surface area contributed by atoms with Gasteiger partial charge in [0.05, 0.1) is 12.8 Å². The average Bonchev–Trinajstić information content (AvgIpc) is 2.87. The highest BCUT2D eigenvalue weighted by molar-refractivity contribution is 5.93. The Morgan fingerprint density at radius 3 is 2.75 bits per heavy atom. The fourth-order valence-electron chi connectivity index (χ4n) is 3.51. The van der Waals surface area contributed by atoms with Crippen LogP contribution in [0.25, 0.3) is 5.69 Å². The highest BCUT2D eigenvalue weighted by atomic mass is 16.5. The van der Waals surface area contributed by atoms with Crippen LogP contribution < -0.4 is 10.5 Å². The summed E-state index contributed by atoms with van der Waals surface area (Å²) in [5, 5.41) is 20.1. The minimum atomic E-state index is -0.528. The molecule has 0 bridgehead atoms. The Labute approximate surface area is 140 Å². The summed E-state index contributed by atoms with van der Waals surface area (Å²) in [6.07, 6.45) is 4.30. The number of rotatable bonds is 5. The third-order valence-corrected chi connectivity index (χ3v) is 4.62. The zero-order valence-electron chi connectivity index (χ0n) is 13.7. The van der Waals surface area contributed by atoms with E-state index in [-0.39, 0.29) is 12.5 Å². The summed E-state index contributed by atoms with van der Waals surface area (Å²) in [6.45, 7) is -0.0121. The van der Waals surface area contributed by atoms with E-state index in [0.717, 1.165) is 42.5 Å². The van der Waals surface area contributed by atoms with Gasteiger partial charge in [-0.15, -0.1) is 0 Å². The molecular weight excluding hydrogens is 308 g/mol. The maximum atomic E-state index is 11.4. The van der Waals surface area contributed by atoms with E-state index in [1.54, 1.807) is 22.8 Å². The monoisotopic (exact) mass is 330 g/mol. The number of nitrogens with zero attached hydrogens (tertiary/aromatic N) is 1. The molecule has 0 saturated carbocycles. The molecule has 1 aliphatic carbocycles. The molecule has 1 aromatic carbocycles. The standard InChI is InChI=1S/C18H22N2O4/c1-24-16-10-11(17(19)22)6-7-15(16)20-14-5-3-2-4-12(14)13(8-9-21)18(20)23/h6-7,10,21,23H,2-5,8-9H2,1H3,(H2,19,22). The van der Waals surface area contributed by atoms with E-state index in [1.165, 1.54) is 7.11 Å². The SMILES string of the molecule is COc1cc(C(N)=O)ccc1-n1c(O)c(CCO)c2c1CCCC2. The van der Waals surface area contributed by atoms with Gasteiger partial charge in [0.2, 0.25) is 5.91 Å². The Kier molecular flexibility index (Phi) is 4.49. The van der Waals surface area contributed by atoms with E-state index >= 15 is 0 Å². The quantitative estimate of drug-likeness (QED) is 0.777. The number of ether oxygens (including phenoxy) is 1. The van der Waals surface area contributed by atoms with Crippen molar-refractivity contribution in [2.24, 2.45) is 5.73 Å². The Bertz CT molecular complexity index is 780. The fraction of sp³-hybridized carbons (Fsp3) is 0.389. The van der Waals surface area contributed by atoms with Crippen molar-refractivity contribution in [1.29, 1.82) is 0 Å². The lowest BCUT2D eigenvalue weighted by atomic mass is 9.94. The Morgan fingerprint density at radius 2 is 2.08 bits per heavy atom. The molecule has 24 heavy (non-hydrogen) atoms. The van der Waals surface area contributed by atoms with Crippen LogP contribution in [0.3, 0.4) is 0 Å². The summed E-state index contributed by atoms with van der Waals surface area (Å²) < 4.78 is 7.20. The first kappa shape index (κ1) is 16.4. The van der Waals surface area contributed by atoms with Gasteiger partial charge >= 0.3 is 0 Å². The predicted molar refractivity (Wildman–Crippen MR) is 89.9 cm³/mol. The van der Waals surface area contributed by atoms with Crippen LogP contribution in [0.5, 0.6) is 11.6 Å². The first-order valence-electron chi connectivity index (χ1n) is 8.11. The van der Waals surface area contributed by atoms with E-state index in [0.29, 0.717) is 23.4 Å². The number of aromatic hydroxyl groups is 1. The number of carbonyl (C=O) groups excluding carboxylic acids is 1. The van der Waals surface area contributed by atoms with Gasteiger partial charge in [-0.05, 0) is 49.4 Å². The normalized spacial score (nSPS) is 13.6. The second-order valence-electron chi connectivity index (χ2n) is 5.99. The topological polar surface area (TPSA) is 97.7 Å². The molecule has 6 nitrogen and oxygen atoms in total. The minimum Gasteiger partial charge on any atom is -0.495 e. The molecular formula is C18H22N2O4. The van der Waals surface area contributed by atoms with Crippen molar-refractivity contribution in [3.63, 3.8) is 0 Å². The molecule has 0 aliphatic heterocycles. The Hall–Kier alpha value is -2.47. The molecule has 3 rings (SSSR count). The van der Waals surface area contributed by atoms with Crippen molar-refractivity contribution in [1.82, 2.24) is 4.57 Å². The van der Waals surface area contributed by atoms with Crippen LogP contribution in [0, 0.1) is 0 Å². The summed E-state index contributed by atoms with van der Waals surface area (Å²) >= 11 is 0. The molecule has 6 heteroatoms. The minimum absolute atomic E-state index is 0.0121. The van der Waals surface area contributed by atoms with Crippen molar-refractivity contribution in [2.45, 2.75) is 32.1 Å². The van der Waals surface area contributed by atoms with E-state index in [1.807, 2.05) is 0 Å². The van der Waals surface area contributed by atoms with Crippen LogP contribution in [0.4, 0.5) is 0 Å². The summed E-state index contributed by atoms with van der Waals surface area (Å²) in [5.74, 6) is 0.0844. The summed E-state index contributed by atoms with van der Waals surface area (Å²) in [7, 11) is 1.52. The third kappa shape index (κ3) is 2.63. The molecule has 1 amide bonds. The highest BCUT2D eigenvalue weighted by Crippen LogP contribution is 2.39. The van der Waals surface area contributed by atoms with Gasteiger partial charge in [0.15, 0.2) is 5.88 Å². The van der Waals surface area contributed by atoms with Crippen LogP contribution in [0.1, 0.15) is 40.0 Å². The average molecular weight is 330 g/mol. The van der Waals surface area contributed by atoms with Crippen LogP contribution in [0.15, 0.2) is 18.2 Å². The number of benzene rings is 1. The van der Waals surface area contributed by atoms with Gasteiger partial charge in [0.25, 0.3) is 0 Å². The van der Waals surface area contributed by atoms with Gasteiger partial charge in [-0.3, -0.25) is 9.36 Å². The number of nitrogens with two attached hydrogens (primary N) is 1. The maximum Gasteiger partial charge on any atom is 0.248 e. The number of methoxy groups -OCH3 is 1. The van der Waals surface area contributed by atoms with E-state index < -0.39 is 5.91 Å². The number of primary amides is 1. The molecule has 128 valence electrons. The third-order valence-electron chi connectivity index (χ3n) is 4.62. The maximum absolute atomic E-state index is 11.4. The molecule has 0 radical (unpaired) electrons. The molecule has 0 spiro atoms. The van der Waals surface area contributed by atoms with E-state index in [4.69, 9.17) is 10.5 Å². The number of hydrogen-bond acceptors (Lipinski definition) is 4. The fourth-order valence-corrected chi connectivity index (χ4v) is 3.51. The van der Waals surface area contributed by atoms with Crippen molar-refractivity contribution in [3.8, 4) is 17.3 Å². The summed E-state index contributed by atoms with van der Waals surface area (Å²) in [6, 6.07) is 4.94. The number of carbonyl (C=O) groups is 1. The zero-order valence-corrected chi connectivity index (χ0v) is 13.7. The van der Waals surface area contributed by atoms with E-state index in [2.05, 4.69) is 0 Å². The van der Waals surface area contributed by atoms with Crippen LogP contribution in [-0.4, -0.2) is 34.4 Å². The van der Waals surface area contributed by atoms with Crippen molar-refractivity contribution < 1.29 is 19.7 Å². The zero-order chi connectivity index (χ0) is 17.3. The van der Waals surface area contributed by atoms with Crippen LogP contribution >= 0.6 is 0 Å². The molecule has 1 heterocycles. The molecule has 1 aliphatic rings. The lowest BCUT2D eigenvalue weighted by molar-refractivity contribution is 0.1000. The number of fused-ring (bicyclic) bond motifs is 1. The van der Waals surface area contributed by atoms with Crippen molar-refractivity contribution >= 4 is 5.91 Å². The van der Waals surface area contributed by atoms with Gasteiger partial charge in [0.1, 0.15) is 5.75 Å². The summed E-state index contributed by atoms with van der Waals surface area (Å²) in [4.78, 5) is 11.4. The Balaban J connectivity index is 2.21. The van der Waals surface area contributed by atoms with Gasteiger partial charge < -0.3 is 20.7 Å². The highest BCUT2D eigenvalue weighted by Gasteiger charge is 2.26. The summed E-state index contributed by atoms with van der Waals surface area (Å²) in [5.41, 5.74) is 9.32. The molecule has 0 saturated heterocycles. The van der Waals surface area contributed by atoms with E-state index in [9.17, 15) is 15.0 Å². The van der Waals surface area contributed by atoms with Gasteiger partial charge in [0, 0.05) is 29.8 Å². The molecule has 4 N–H and O–H groups in total. The molecule has 2 aromatic rings. The first-order chi connectivity index (χ1) is 11.6. The molecule has 0 atom stereocenters. The molecule has 0 unspecified atom stereocenters. The second kappa shape index (κ2) is 6.57. The largest absolute Gasteiger partial charge is 0.495 e. The lowest BCUT2D eigenvalue weighted by Crippen LogP contribution is -2.12. The van der Waals surface area contributed by atoms with Crippen molar-refractivity contribution in [3.05, 3.63) is 40.6 Å². The number of aliphatic hydroxyl groups is 1. The van der Waals surface area contributed by atoms with Crippen molar-refractivity contribution in [2.75, 3.05) is 13.7 Å². The number of amides is 1. The van der Waals surface area contributed by atoms with Gasteiger partial charge in [-0.1, -0.05) is 0 Å². The lowest BCUT2D eigenvalue weighted by Gasteiger charge is -2.18. The van der Waals surface area contributed by atoms with Gasteiger partial charge in [-0.25, -0.2) is 0 Å². The second-order valence-corrected chi connectivity index (χ2v) is 5.99. The van der Waals surface area contributed by atoms with Gasteiger partial charge in [-0.2, -0.15) is 0 Å². The molecule has 0 fully saturated rings.